The number of nitrogens with one attached hydrogen (secondary N) is 2. The van der Waals surface area contributed by atoms with Gasteiger partial charge in [0.1, 0.15) is 5.82 Å². The summed E-state index contributed by atoms with van der Waals surface area (Å²) in [5, 5.41) is 6.94. The van der Waals surface area contributed by atoms with Gasteiger partial charge in [-0.2, -0.15) is 0 Å². The Balaban J connectivity index is 2.14. The van der Waals surface area contributed by atoms with Crippen molar-refractivity contribution in [2.45, 2.75) is 46.1 Å². The van der Waals surface area contributed by atoms with E-state index < -0.39 is 0 Å². The first kappa shape index (κ1) is 20.6. The van der Waals surface area contributed by atoms with Crippen LogP contribution in [0.1, 0.15) is 45.6 Å². The Morgan fingerprint density at radius 1 is 1.31 bits per heavy atom. The van der Waals surface area contributed by atoms with Crippen LogP contribution in [0.5, 0.6) is 0 Å². The number of nitrogens with zero attached hydrogens (tertiary/aromatic N) is 1. The highest BCUT2D eigenvalue weighted by Crippen LogP contribution is 2.33. The van der Waals surface area contributed by atoms with Gasteiger partial charge in [-0.1, -0.05) is 26.0 Å². The van der Waals surface area contributed by atoms with Gasteiger partial charge in [-0.3, -0.25) is 4.79 Å². The first-order valence-electron chi connectivity index (χ1n) is 9.36. The van der Waals surface area contributed by atoms with E-state index in [9.17, 15) is 9.18 Å². The summed E-state index contributed by atoms with van der Waals surface area (Å²) in [5.74, 6) is -0.0256. The summed E-state index contributed by atoms with van der Waals surface area (Å²) in [6.45, 7) is 10.2. The molecular weight excluding hydrogens is 349 g/mol. The van der Waals surface area contributed by atoms with Crippen molar-refractivity contribution in [2.24, 2.45) is 11.8 Å². The number of halogens is 1. The molecule has 1 amide bonds. The first-order valence-corrected chi connectivity index (χ1v) is 9.77. The van der Waals surface area contributed by atoms with Crippen LogP contribution in [-0.4, -0.2) is 41.6 Å². The maximum atomic E-state index is 13.7. The zero-order valence-corrected chi connectivity index (χ0v) is 16.9. The largest absolute Gasteiger partial charge is 0.360 e. The number of carbonyl (C=O) groups is 1. The van der Waals surface area contributed by atoms with Gasteiger partial charge in [-0.25, -0.2) is 4.39 Å². The lowest BCUT2D eigenvalue weighted by atomic mass is 9.88. The molecule has 1 aliphatic rings. The molecule has 6 heteroatoms. The van der Waals surface area contributed by atoms with Gasteiger partial charge in [0.05, 0.1) is 5.92 Å². The lowest BCUT2D eigenvalue weighted by Crippen LogP contribution is -2.42. The number of hydrogen-bond donors (Lipinski definition) is 2. The molecule has 0 aromatic heterocycles. The summed E-state index contributed by atoms with van der Waals surface area (Å²) in [6.07, 6.45) is 0.945. The van der Waals surface area contributed by atoms with E-state index in [-0.39, 0.29) is 29.6 Å². The fourth-order valence-electron chi connectivity index (χ4n) is 3.26. The van der Waals surface area contributed by atoms with E-state index in [0.717, 1.165) is 12.0 Å². The number of likely N-dealkylation sites (tertiary alicyclic amines) is 1. The molecule has 2 rings (SSSR count). The molecular formula is C20H30FN3OS. The standard InChI is InChI=1S/C20H30FN3OS/c1-13(2)8-9-22-19(25)18-12-24(20(26)23-14(3)4)11-17(18)15-6-5-7-16(21)10-15/h5-7,10,13-14,17-18H,8-9,11-12H2,1-4H3,(H,22,25)(H,23,26)/t17-,18+/m0/s1. The van der Waals surface area contributed by atoms with Gasteiger partial charge in [-0.05, 0) is 56.1 Å². The Kier molecular flexibility index (Phi) is 7.38. The third-order valence-corrected chi connectivity index (χ3v) is 5.03. The van der Waals surface area contributed by atoms with Crippen LogP contribution in [0.4, 0.5) is 4.39 Å². The maximum absolute atomic E-state index is 13.7. The van der Waals surface area contributed by atoms with Crippen LogP contribution >= 0.6 is 12.2 Å². The highest BCUT2D eigenvalue weighted by molar-refractivity contribution is 7.80. The highest BCUT2D eigenvalue weighted by Gasteiger charge is 2.39. The molecule has 2 atom stereocenters. The number of hydrogen-bond acceptors (Lipinski definition) is 2. The average molecular weight is 380 g/mol. The summed E-state index contributed by atoms with van der Waals surface area (Å²) in [7, 11) is 0. The quantitative estimate of drug-likeness (QED) is 0.745. The van der Waals surface area contributed by atoms with E-state index in [1.54, 1.807) is 6.07 Å². The number of rotatable bonds is 6. The molecule has 0 aliphatic carbocycles. The van der Waals surface area contributed by atoms with Crippen molar-refractivity contribution in [3.05, 3.63) is 35.6 Å². The van der Waals surface area contributed by atoms with Crippen LogP contribution in [-0.2, 0) is 4.79 Å². The minimum Gasteiger partial charge on any atom is -0.360 e. The van der Waals surface area contributed by atoms with Crippen molar-refractivity contribution in [1.29, 1.82) is 0 Å². The molecule has 0 bridgehead atoms. The number of benzene rings is 1. The minimum absolute atomic E-state index is 0.0229. The minimum atomic E-state index is -0.275. The van der Waals surface area contributed by atoms with Crippen LogP contribution in [0.3, 0.4) is 0 Å². The number of amides is 1. The topological polar surface area (TPSA) is 44.4 Å². The summed E-state index contributed by atoms with van der Waals surface area (Å²) in [4.78, 5) is 14.8. The predicted octanol–water partition coefficient (Wildman–Crippen LogP) is 3.29. The van der Waals surface area contributed by atoms with Crippen LogP contribution in [0.15, 0.2) is 24.3 Å². The van der Waals surface area contributed by atoms with Gasteiger partial charge in [-0.15, -0.1) is 0 Å². The van der Waals surface area contributed by atoms with Crippen molar-refractivity contribution in [2.75, 3.05) is 19.6 Å². The zero-order valence-electron chi connectivity index (χ0n) is 16.1. The smallest absolute Gasteiger partial charge is 0.225 e. The Morgan fingerprint density at radius 3 is 2.65 bits per heavy atom. The molecule has 0 spiro atoms. The highest BCUT2D eigenvalue weighted by atomic mass is 32.1. The lowest BCUT2D eigenvalue weighted by molar-refractivity contribution is -0.124. The third-order valence-electron chi connectivity index (χ3n) is 4.65. The lowest BCUT2D eigenvalue weighted by Gasteiger charge is -2.22. The Hall–Kier alpha value is -1.69. The van der Waals surface area contributed by atoms with Gasteiger partial charge in [0.2, 0.25) is 5.91 Å². The molecule has 1 aliphatic heterocycles. The Morgan fingerprint density at radius 2 is 2.04 bits per heavy atom. The normalized spacial score (nSPS) is 19.9. The van der Waals surface area contributed by atoms with Crippen LogP contribution in [0.2, 0.25) is 0 Å². The average Bonchev–Trinajstić information content (AvgIpc) is 2.99. The first-order chi connectivity index (χ1) is 12.3. The van der Waals surface area contributed by atoms with E-state index in [1.807, 2.05) is 24.8 Å². The van der Waals surface area contributed by atoms with Crippen molar-refractivity contribution < 1.29 is 9.18 Å². The van der Waals surface area contributed by atoms with Crippen LogP contribution < -0.4 is 10.6 Å². The van der Waals surface area contributed by atoms with E-state index in [4.69, 9.17) is 12.2 Å². The molecule has 1 aromatic carbocycles. The fraction of sp³-hybridized carbons (Fsp3) is 0.600. The molecule has 1 heterocycles. The van der Waals surface area contributed by atoms with Crippen molar-refractivity contribution in [3.8, 4) is 0 Å². The van der Waals surface area contributed by atoms with Crippen LogP contribution in [0.25, 0.3) is 0 Å². The molecule has 1 fully saturated rings. The fourth-order valence-corrected chi connectivity index (χ4v) is 3.65. The molecule has 2 N–H and O–H groups in total. The molecule has 0 saturated carbocycles. The zero-order chi connectivity index (χ0) is 19.3. The van der Waals surface area contributed by atoms with E-state index in [0.29, 0.717) is 30.7 Å². The van der Waals surface area contributed by atoms with Crippen molar-refractivity contribution >= 4 is 23.2 Å². The van der Waals surface area contributed by atoms with E-state index >= 15 is 0 Å². The molecule has 1 saturated heterocycles. The van der Waals surface area contributed by atoms with Gasteiger partial charge in [0.25, 0.3) is 0 Å². The molecule has 4 nitrogen and oxygen atoms in total. The monoisotopic (exact) mass is 379 g/mol. The molecule has 1 aromatic rings. The van der Waals surface area contributed by atoms with Gasteiger partial charge in [0.15, 0.2) is 5.11 Å². The second-order valence-corrected chi connectivity index (χ2v) is 8.14. The Labute approximate surface area is 161 Å². The van der Waals surface area contributed by atoms with Crippen LogP contribution in [0, 0.1) is 17.7 Å². The van der Waals surface area contributed by atoms with E-state index in [2.05, 4.69) is 24.5 Å². The molecule has 26 heavy (non-hydrogen) atoms. The molecule has 144 valence electrons. The third kappa shape index (κ3) is 5.66. The van der Waals surface area contributed by atoms with Gasteiger partial charge in [0, 0.05) is 31.6 Å². The second kappa shape index (κ2) is 9.31. The summed E-state index contributed by atoms with van der Waals surface area (Å²) < 4.78 is 13.7. The molecule has 0 unspecified atom stereocenters. The number of thiocarbonyl (C=S) groups is 1. The second-order valence-electron chi connectivity index (χ2n) is 7.75. The summed E-state index contributed by atoms with van der Waals surface area (Å²) >= 11 is 5.49. The predicted molar refractivity (Wildman–Crippen MR) is 108 cm³/mol. The SMILES string of the molecule is CC(C)CCNC(=O)[C@@H]1CN(C(=S)NC(C)C)C[C@H]1c1cccc(F)c1. The maximum Gasteiger partial charge on any atom is 0.225 e. The number of carbonyl (C=O) groups excluding carboxylic acids is 1. The van der Waals surface area contributed by atoms with Crippen molar-refractivity contribution in [1.82, 2.24) is 15.5 Å². The Bertz CT molecular complexity index is 635. The summed E-state index contributed by atoms with van der Waals surface area (Å²) in [6, 6.07) is 6.78. The van der Waals surface area contributed by atoms with Crippen molar-refractivity contribution in [3.63, 3.8) is 0 Å². The van der Waals surface area contributed by atoms with Gasteiger partial charge >= 0.3 is 0 Å². The van der Waals surface area contributed by atoms with E-state index in [1.165, 1.54) is 12.1 Å². The van der Waals surface area contributed by atoms with Gasteiger partial charge < -0.3 is 15.5 Å². The summed E-state index contributed by atoms with van der Waals surface area (Å²) in [5.41, 5.74) is 0.851. The molecule has 0 radical (unpaired) electrons.